The molecule has 5 aliphatic carbocycles. The summed E-state index contributed by atoms with van der Waals surface area (Å²) < 4.78 is 0. The predicted octanol–water partition coefficient (Wildman–Crippen LogP) is 7.99. The third kappa shape index (κ3) is 2.62. The summed E-state index contributed by atoms with van der Waals surface area (Å²) in [7, 11) is 0. The quantitative estimate of drug-likeness (QED) is 0.370. The standard InChI is InChI=1S/C29H46O/c1-19-22(30)8-9-23-27(19,5)13-11-21-20-10-12-26(4)15-14-25(2,3)18-24(26)29(20,7)17-16-28(21,23)6/h10,19,21,23-24H,8-9,11-18H2,1-7H3/t19-,21+,23+,24+,26-,27+,28+,29+/m0/s1. The van der Waals surface area contributed by atoms with Crippen molar-refractivity contribution in [1.29, 1.82) is 0 Å². The highest BCUT2D eigenvalue weighted by molar-refractivity contribution is 5.82. The van der Waals surface area contributed by atoms with Crippen molar-refractivity contribution in [2.75, 3.05) is 0 Å². The van der Waals surface area contributed by atoms with Gasteiger partial charge < -0.3 is 0 Å². The third-order valence-corrected chi connectivity index (χ3v) is 12.3. The highest BCUT2D eigenvalue weighted by Crippen LogP contribution is 2.73. The van der Waals surface area contributed by atoms with Crippen LogP contribution in [0.25, 0.3) is 0 Å². The molecule has 0 unspecified atom stereocenters. The zero-order valence-electron chi connectivity index (χ0n) is 20.9. The Morgan fingerprint density at radius 2 is 1.57 bits per heavy atom. The van der Waals surface area contributed by atoms with E-state index in [0.29, 0.717) is 27.4 Å². The largest absolute Gasteiger partial charge is 0.299 e. The minimum atomic E-state index is 0.227. The van der Waals surface area contributed by atoms with Crippen LogP contribution in [-0.4, -0.2) is 5.78 Å². The van der Waals surface area contributed by atoms with Crippen molar-refractivity contribution in [3.05, 3.63) is 11.6 Å². The van der Waals surface area contributed by atoms with Gasteiger partial charge in [-0.3, -0.25) is 4.79 Å². The average molecular weight is 411 g/mol. The number of carbonyl (C=O) groups excluding carboxylic acids is 1. The number of allylic oxidation sites excluding steroid dienone is 2. The molecule has 0 radical (unpaired) electrons. The molecule has 8 atom stereocenters. The number of rotatable bonds is 0. The van der Waals surface area contributed by atoms with E-state index in [0.717, 1.165) is 30.6 Å². The fourth-order valence-electron chi connectivity index (χ4n) is 9.97. The first-order chi connectivity index (χ1) is 13.9. The molecule has 1 nitrogen and oxygen atoms in total. The van der Waals surface area contributed by atoms with Crippen LogP contribution < -0.4 is 0 Å². The van der Waals surface area contributed by atoms with E-state index in [2.05, 4.69) is 54.5 Å². The lowest BCUT2D eigenvalue weighted by Crippen LogP contribution is -2.60. The Morgan fingerprint density at radius 3 is 2.30 bits per heavy atom. The molecule has 5 rings (SSSR count). The summed E-state index contributed by atoms with van der Waals surface area (Å²) in [5.41, 5.74) is 3.90. The second-order valence-electron chi connectivity index (χ2n) is 14.2. The zero-order valence-corrected chi connectivity index (χ0v) is 20.9. The molecule has 0 aromatic rings. The molecule has 30 heavy (non-hydrogen) atoms. The zero-order chi connectivity index (χ0) is 21.7. The van der Waals surface area contributed by atoms with Crippen LogP contribution in [0.5, 0.6) is 0 Å². The summed E-state index contributed by atoms with van der Waals surface area (Å²) in [6.45, 7) is 17.7. The highest BCUT2D eigenvalue weighted by atomic mass is 16.1. The van der Waals surface area contributed by atoms with Crippen molar-refractivity contribution in [1.82, 2.24) is 0 Å². The monoisotopic (exact) mass is 410 g/mol. The van der Waals surface area contributed by atoms with Gasteiger partial charge in [0.05, 0.1) is 0 Å². The number of carbonyl (C=O) groups is 1. The summed E-state index contributed by atoms with van der Waals surface area (Å²) in [6.07, 6.45) is 15.6. The summed E-state index contributed by atoms with van der Waals surface area (Å²) in [4.78, 5) is 12.6. The predicted molar refractivity (Wildman–Crippen MR) is 125 cm³/mol. The molecule has 168 valence electrons. The van der Waals surface area contributed by atoms with E-state index < -0.39 is 0 Å². The highest BCUT2D eigenvalue weighted by Gasteiger charge is 2.64. The molecular weight excluding hydrogens is 364 g/mol. The van der Waals surface area contributed by atoms with E-state index in [1.807, 2.05) is 5.57 Å². The number of fused-ring (bicyclic) bond motifs is 7. The molecule has 0 heterocycles. The van der Waals surface area contributed by atoms with Crippen LogP contribution in [0.1, 0.15) is 113 Å². The second kappa shape index (κ2) is 6.26. The topological polar surface area (TPSA) is 17.1 Å². The first kappa shape index (κ1) is 21.3. The molecule has 0 N–H and O–H groups in total. The summed E-state index contributed by atoms with van der Waals surface area (Å²) in [5, 5.41) is 0. The van der Waals surface area contributed by atoms with Crippen molar-refractivity contribution in [2.45, 2.75) is 113 Å². The van der Waals surface area contributed by atoms with Crippen LogP contribution in [0.2, 0.25) is 0 Å². The molecule has 0 amide bonds. The Balaban J connectivity index is 1.54. The van der Waals surface area contributed by atoms with Crippen LogP contribution in [0.4, 0.5) is 0 Å². The maximum absolute atomic E-state index is 12.6. The fourth-order valence-corrected chi connectivity index (χ4v) is 9.97. The molecule has 0 bridgehead atoms. The number of ketones is 1. The molecule has 4 saturated carbocycles. The molecular formula is C29H46O. The van der Waals surface area contributed by atoms with E-state index in [9.17, 15) is 4.79 Å². The van der Waals surface area contributed by atoms with Crippen LogP contribution in [-0.2, 0) is 4.79 Å². The summed E-state index contributed by atoms with van der Waals surface area (Å²) in [6, 6.07) is 0. The number of Topliss-reactive ketones (excluding diaryl/α,β-unsaturated/α-hetero) is 1. The molecule has 0 aromatic heterocycles. The van der Waals surface area contributed by atoms with Crippen LogP contribution in [0, 0.1) is 50.7 Å². The number of hydrogen-bond donors (Lipinski definition) is 0. The fraction of sp³-hybridized carbons (Fsp3) is 0.897. The molecule has 0 spiro atoms. The van der Waals surface area contributed by atoms with E-state index in [4.69, 9.17) is 0 Å². The lowest BCUT2D eigenvalue weighted by atomic mass is 9.36. The summed E-state index contributed by atoms with van der Waals surface area (Å²) >= 11 is 0. The van der Waals surface area contributed by atoms with Gasteiger partial charge in [0, 0.05) is 12.3 Å². The van der Waals surface area contributed by atoms with Gasteiger partial charge in [0.2, 0.25) is 0 Å². The Labute approximate surface area is 185 Å². The van der Waals surface area contributed by atoms with Gasteiger partial charge in [-0.25, -0.2) is 0 Å². The lowest BCUT2D eigenvalue weighted by Gasteiger charge is -2.68. The summed E-state index contributed by atoms with van der Waals surface area (Å²) in [5.74, 6) is 3.11. The Kier molecular flexibility index (Phi) is 4.43. The Morgan fingerprint density at radius 1 is 0.833 bits per heavy atom. The minimum absolute atomic E-state index is 0.227. The van der Waals surface area contributed by atoms with Crippen molar-refractivity contribution >= 4 is 5.78 Å². The lowest BCUT2D eigenvalue weighted by molar-refractivity contribution is -0.158. The van der Waals surface area contributed by atoms with E-state index in [-0.39, 0.29) is 11.3 Å². The van der Waals surface area contributed by atoms with E-state index in [1.165, 1.54) is 51.4 Å². The molecule has 4 fully saturated rings. The van der Waals surface area contributed by atoms with Gasteiger partial charge in [-0.15, -0.1) is 0 Å². The molecule has 0 aliphatic heterocycles. The number of hydrogen-bond acceptors (Lipinski definition) is 1. The smallest absolute Gasteiger partial charge is 0.136 e. The van der Waals surface area contributed by atoms with Crippen molar-refractivity contribution in [3.63, 3.8) is 0 Å². The average Bonchev–Trinajstić information content (AvgIpc) is 2.67. The van der Waals surface area contributed by atoms with E-state index in [1.54, 1.807) is 0 Å². The normalized spacial score (nSPS) is 54.9. The SMILES string of the molecule is C[C@H]1C(=O)CC[C@H]2[C@]3(C)CC[C@]4(C)C(=CC[C@@]5(C)CCC(C)(C)C[C@H]54)[C@H]3CC[C@@]21C. The van der Waals surface area contributed by atoms with Gasteiger partial charge in [0.1, 0.15) is 5.78 Å². The minimum Gasteiger partial charge on any atom is -0.299 e. The molecule has 1 heteroatoms. The Hall–Kier alpha value is -0.590. The second-order valence-corrected chi connectivity index (χ2v) is 14.2. The van der Waals surface area contributed by atoms with Crippen LogP contribution >= 0.6 is 0 Å². The molecule has 0 saturated heterocycles. The van der Waals surface area contributed by atoms with Crippen molar-refractivity contribution in [2.24, 2.45) is 50.7 Å². The third-order valence-electron chi connectivity index (χ3n) is 12.3. The first-order valence-corrected chi connectivity index (χ1v) is 13.1. The maximum Gasteiger partial charge on any atom is 0.136 e. The van der Waals surface area contributed by atoms with Gasteiger partial charge in [0.15, 0.2) is 0 Å². The van der Waals surface area contributed by atoms with Gasteiger partial charge in [0.25, 0.3) is 0 Å². The van der Waals surface area contributed by atoms with Crippen molar-refractivity contribution < 1.29 is 4.79 Å². The van der Waals surface area contributed by atoms with Crippen LogP contribution in [0.15, 0.2) is 11.6 Å². The Bertz CT molecular complexity index is 790. The van der Waals surface area contributed by atoms with Crippen LogP contribution in [0.3, 0.4) is 0 Å². The molecule has 5 aliphatic rings. The van der Waals surface area contributed by atoms with Gasteiger partial charge in [-0.2, -0.15) is 0 Å². The molecule has 0 aromatic carbocycles. The van der Waals surface area contributed by atoms with Gasteiger partial charge in [-0.05, 0) is 103 Å². The van der Waals surface area contributed by atoms with Gasteiger partial charge >= 0.3 is 0 Å². The maximum atomic E-state index is 12.6. The van der Waals surface area contributed by atoms with Gasteiger partial charge in [-0.1, -0.05) is 60.1 Å². The van der Waals surface area contributed by atoms with E-state index >= 15 is 0 Å². The van der Waals surface area contributed by atoms with Crippen molar-refractivity contribution in [3.8, 4) is 0 Å². The first-order valence-electron chi connectivity index (χ1n) is 13.1.